The van der Waals surface area contributed by atoms with Crippen molar-refractivity contribution in [2.24, 2.45) is 0 Å². The zero-order chi connectivity index (χ0) is 13.1. The maximum absolute atomic E-state index is 11.5. The number of rotatable bonds is 3. The third kappa shape index (κ3) is 2.43. The average Bonchev–Trinajstić information content (AvgIpc) is 2.80. The van der Waals surface area contributed by atoms with E-state index in [0.29, 0.717) is 5.69 Å². The molecule has 0 fully saturated rings. The number of carbonyl (C=O) groups excluding carboxylic acids is 1. The van der Waals surface area contributed by atoms with Crippen molar-refractivity contribution < 1.29 is 9.53 Å². The molecule has 0 bridgehead atoms. The van der Waals surface area contributed by atoms with Gasteiger partial charge in [-0.05, 0) is 18.9 Å². The van der Waals surface area contributed by atoms with Crippen molar-refractivity contribution in [1.29, 1.82) is 0 Å². The van der Waals surface area contributed by atoms with Gasteiger partial charge in [0.2, 0.25) is 0 Å². The summed E-state index contributed by atoms with van der Waals surface area (Å²) in [4.78, 5) is 16.7. The van der Waals surface area contributed by atoms with Crippen molar-refractivity contribution in [2.45, 2.75) is 20.3 Å². The van der Waals surface area contributed by atoms with Crippen LogP contribution in [0, 0.1) is 6.92 Å². The Kier molecular flexibility index (Phi) is 3.77. The van der Waals surface area contributed by atoms with E-state index >= 15 is 0 Å². The van der Waals surface area contributed by atoms with Crippen LogP contribution in [-0.2, 0) is 11.2 Å². The topological polar surface area (TPSA) is 39.2 Å². The number of aryl methyl sites for hydroxylation is 2. The molecule has 94 valence electrons. The zero-order valence-electron chi connectivity index (χ0n) is 10.7. The number of methoxy groups -OCH3 is 1. The number of ether oxygens (including phenoxy) is 1. The molecule has 0 aliphatic heterocycles. The summed E-state index contributed by atoms with van der Waals surface area (Å²) in [5.74, 6) is -0.375. The van der Waals surface area contributed by atoms with Crippen molar-refractivity contribution in [3.8, 4) is 10.6 Å². The molecule has 4 heteroatoms. The third-order valence-corrected chi connectivity index (χ3v) is 3.80. The second kappa shape index (κ2) is 5.31. The Hall–Kier alpha value is -1.68. The van der Waals surface area contributed by atoms with Crippen molar-refractivity contribution >= 4 is 17.3 Å². The molecular formula is C14H15NO2S. The smallest absolute Gasteiger partial charge is 0.357 e. The summed E-state index contributed by atoms with van der Waals surface area (Å²) in [5.41, 5.74) is 2.74. The van der Waals surface area contributed by atoms with E-state index in [9.17, 15) is 4.79 Å². The van der Waals surface area contributed by atoms with Gasteiger partial charge < -0.3 is 4.74 Å². The third-order valence-electron chi connectivity index (χ3n) is 2.78. The number of benzene rings is 1. The number of carbonyl (C=O) groups is 1. The molecule has 1 aromatic heterocycles. The fraction of sp³-hybridized carbons (Fsp3) is 0.286. The van der Waals surface area contributed by atoms with E-state index in [0.717, 1.165) is 21.9 Å². The summed E-state index contributed by atoms with van der Waals surface area (Å²) in [6.45, 7) is 4.01. The summed E-state index contributed by atoms with van der Waals surface area (Å²) < 4.78 is 4.71. The molecule has 0 unspecified atom stereocenters. The normalized spacial score (nSPS) is 10.4. The minimum absolute atomic E-state index is 0.375. The standard InChI is InChI=1S/C14H15NO2S/c1-4-10-5-7-11(8-6-10)13-15-12(9(2)18-13)14(16)17-3/h5-8H,4H2,1-3H3. The number of hydrogen-bond donors (Lipinski definition) is 0. The second-order valence-corrected chi connectivity index (χ2v) is 5.17. The van der Waals surface area contributed by atoms with Gasteiger partial charge in [-0.25, -0.2) is 9.78 Å². The van der Waals surface area contributed by atoms with Gasteiger partial charge in [-0.2, -0.15) is 0 Å². The van der Waals surface area contributed by atoms with Gasteiger partial charge in [0, 0.05) is 10.4 Å². The molecule has 0 N–H and O–H groups in total. The molecular weight excluding hydrogens is 246 g/mol. The molecule has 18 heavy (non-hydrogen) atoms. The van der Waals surface area contributed by atoms with E-state index in [1.54, 1.807) is 0 Å². The highest BCUT2D eigenvalue weighted by Gasteiger charge is 2.16. The first-order valence-corrected chi connectivity index (χ1v) is 6.62. The molecule has 0 saturated carbocycles. The minimum atomic E-state index is -0.375. The molecule has 0 aliphatic carbocycles. The van der Waals surface area contributed by atoms with Crippen LogP contribution in [0.25, 0.3) is 10.6 Å². The van der Waals surface area contributed by atoms with E-state index < -0.39 is 0 Å². The van der Waals surface area contributed by atoms with Crippen molar-refractivity contribution in [3.05, 3.63) is 40.4 Å². The fourth-order valence-electron chi connectivity index (χ4n) is 1.69. The van der Waals surface area contributed by atoms with Gasteiger partial charge in [-0.3, -0.25) is 0 Å². The minimum Gasteiger partial charge on any atom is -0.464 e. The summed E-state index contributed by atoms with van der Waals surface area (Å²) in [6.07, 6.45) is 1.02. The van der Waals surface area contributed by atoms with Crippen molar-refractivity contribution in [3.63, 3.8) is 0 Å². The van der Waals surface area contributed by atoms with Gasteiger partial charge in [0.25, 0.3) is 0 Å². The van der Waals surface area contributed by atoms with Gasteiger partial charge in [0.1, 0.15) is 5.01 Å². The Morgan fingerprint density at radius 3 is 2.56 bits per heavy atom. The lowest BCUT2D eigenvalue weighted by molar-refractivity contribution is 0.0594. The van der Waals surface area contributed by atoms with Crippen LogP contribution in [0.4, 0.5) is 0 Å². The van der Waals surface area contributed by atoms with E-state index in [4.69, 9.17) is 4.74 Å². The molecule has 1 heterocycles. The average molecular weight is 261 g/mol. The molecule has 0 radical (unpaired) electrons. The van der Waals surface area contributed by atoms with Crippen LogP contribution in [0.2, 0.25) is 0 Å². The van der Waals surface area contributed by atoms with Crippen LogP contribution in [0.5, 0.6) is 0 Å². The Bertz CT molecular complexity index is 558. The van der Waals surface area contributed by atoms with Gasteiger partial charge in [0.05, 0.1) is 7.11 Å². The molecule has 0 spiro atoms. The van der Waals surface area contributed by atoms with Gasteiger partial charge in [-0.15, -0.1) is 11.3 Å². The number of hydrogen-bond acceptors (Lipinski definition) is 4. The highest BCUT2D eigenvalue weighted by atomic mass is 32.1. The predicted octanol–water partition coefficient (Wildman–Crippen LogP) is 3.47. The molecule has 0 saturated heterocycles. The molecule has 3 nitrogen and oxygen atoms in total. The lowest BCUT2D eigenvalue weighted by Crippen LogP contribution is -2.03. The highest BCUT2D eigenvalue weighted by Crippen LogP contribution is 2.28. The monoisotopic (exact) mass is 261 g/mol. The maximum atomic E-state index is 11.5. The summed E-state index contributed by atoms with van der Waals surface area (Å²) in [6, 6.07) is 8.25. The summed E-state index contributed by atoms with van der Waals surface area (Å²) in [5, 5.41) is 0.857. The van der Waals surface area contributed by atoms with E-state index in [1.807, 2.05) is 19.1 Å². The summed E-state index contributed by atoms with van der Waals surface area (Å²) >= 11 is 1.51. The zero-order valence-corrected chi connectivity index (χ0v) is 11.5. The first kappa shape index (κ1) is 12.8. The number of esters is 1. The van der Waals surface area contributed by atoms with Crippen LogP contribution in [0.3, 0.4) is 0 Å². The molecule has 1 aromatic carbocycles. The quantitative estimate of drug-likeness (QED) is 0.794. The van der Waals surface area contributed by atoms with Crippen molar-refractivity contribution in [1.82, 2.24) is 4.98 Å². The van der Waals surface area contributed by atoms with E-state index in [-0.39, 0.29) is 5.97 Å². The van der Waals surface area contributed by atoms with Crippen LogP contribution >= 0.6 is 11.3 Å². The Morgan fingerprint density at radius 2 is 2.00 bits per heavy atom. The first-order valence-electron chi connectivity index (χ1n) is 5.80. The van der Waals surface area contributed by atoms with E-state index in [2.05, 4.69) is 24.0 Å². The molecule has 0 atom stereocenters. The van der Waals surface area contributed by atoms with Crippen LogP contribution in [-0.4, -0.2) is 18.1 Å². The summed E-state index contributed by atoms with van der Waals surface area (Å²) in [7, 11) is 1.37. The second-order valence-electron chi connectivity index (χ2n) is 3.97. The van der Waals surface area contributed by atoms with Gasteiger partial charge >= 0.3 is 5.97 Å². The van der Waals surface area contributed by atoms with Gasteiger partial charge in [-0.1, -0.05) is 31.2 Å². The van der Waals surface area contributed by atoms with Crippen LogP contribution in [0.1, 0.15) is 27.9 Å². The van der Waals surface area contributed by atoms with Gasteiger partial charge in [0.15, 0.2) is 5.69 Å². The largest absolute Gasteiger partial charge is 0.464 e. The fourth-order valence-corrected chi connectivity index (χ4v) is 2.60. The maximum Gasteiger partial charge on any atom is 0.357 e. The first-order chi connectivity index (χ1) is 8.65. The Morgan fingerprint density at radius 1 is 1.33 bits per heavy atom. The van der Waals surface area contributed by atoms with Crippen LogP contribution in [0.15, 0.2) is 24.3 Å². The van der Waals surface area contributed by atoms with Crippen LogP contribution < -0.4 is 0 Å². The number of aromatic nitrogens is 1. The number of thiazole rings is 1. The van der Waals surface area contributed by atoms with E-state index in [1.165, 1.54) is 24.0 Å². The Balaban J connectivity index is 2.36. The number of nitrogens with zero attached hydrogens (tertiary/aromatic N) is 1. The predicted molar refractivity (Wildman–Crippen MR) is 73.0 cm³/mol. The highest BCUT2D eigenvalue weighted by molar-refractivity contribution is 7.15. The lowest BCUT2D eigenvalue weighted by Gasteiger charge is -1.98. The molecule has 0 aliphatic rings. The molecule has 2 rings (SSSR count). The SMILES string of the molecule is CCc1ccc(-c2nc(C(=O)OC)c(C)s2)cc1. The molecule has 0 amide bonds. The van der Waals surface area contributed by atoms with Crippen molar-refractivity contribution in [2.75, 3.05) is 7.11 Å². The lowest BCUT2D eigenvalue weighted by atomic mass is 10.1. The Labute approximate surface area is 110 Å². The molecule has 2 aromatic rings.